The lowest BCUT2D eigenvalue weighted by Crippen LogP contribution is -3.25. The zero-order chi connectivity index (χ0) is 13.1. The van der Waals surface area contributed by atoms with Gasteiger partial charge in [-0.2, -0.15) is 4.31 Å². The molecular formula is C16H28N3S+. The number of nitrogens with zero attached hydrogens (tertiary/aromatic N) is 1. The van der Waals surface area contributed by atoms with Crippen molar-refractivity contribution in [3.8, 4) is 0 Å². The van der Waals surface area contributed by atoms with Crippen LogP contribution in [0.5, 0.6) is 0 Å². The highest BCUT2D eigenvalue weighted by molar-refractivity contribution is 7.97. The van der Waals surface area contributed by atoms with E-state index in [4.69, 9.17) is 0 Å². The van der Waals surface area contributed by atoms with E-state index in [0.29, 0.717) is 6.29 Å². The first kappa shape index (κ1) is 12.7. The number of piperidine rings is 1. The van der Waals surface area contributed by atoms with Gasteiger partial charge >= 0.3 is 0 Å². The minimum Gasteiger partial charge on any atom is -0.303 e. The molecule has 0 spiro atoms. The predicted octanol–water partition coefficient (Wildman–Crippen LogP) is 1.36. The Balaban J connectivity index is 1.46. The SMILES string of the molecule is C1CCC2C(C1)NC1N2SC2CCCC3CCC[NH+]1C32. The van der Waals surface area contributed by atoms with Crippen molar-refractivity contribution in [3.05, 3.63) is 0 Å². The van der Waals surface area contributed by atoms with Crippen molar-refractivity contribution in [3.63, 3.8) is 0 Å². The van der Waals surface area contributed by atoms with Gasteiger partial charge in [0.2, 0.25) is 6.29 Å². The Morgan fingerprint density at radius 1 is 0.950 bits per heavy atom. The minimum atomic E-state index is 0.648. The quantitative estimate of drug-likeness (QED) is 0.658. The van der Waals surface area contributed by atoms with Crippen LogP contribution in [0.1, 0.15) is 57.8 Å². The van der Waals surface area contributed by atoms with Crippen LogP contribution in [0.3, 0.4) is 0 Å². The van der Waals surface area contributed by atoms with E-state index in [-0.39, 0.29) is 0 Å². The third-order valence-electron chi connectivity index (χ3n) is 6.73. The molecule has 0 bridgehead atoms. The highest BCUT2D eigenvalue weighted by Crippen LogP contribution is 2.43. The molecule has 7 atom stereocenters. The van der Waals surface area contributed by atoms with Gasteiger partial charge in [0.15, 0.2) is 0 Å². The third kappa shape index (κ3) is 1.77. The van der Waals surface area contributed by atoms with E-state index < -0.39 is 0 Å². The van der Waals surface area contributed by atoms with Crippen molar-refractivity contribution < 1.29 is 4.90 Å². The third-order valence-corrected chi connectivity index (χ3v) is 8.26. The molecule has 0 aromatic carbocycles. The molecule has 5 aliphatic rings. The molecule has 2 saturated carbocycles. The molecule has 5 fully saturated rings. The van der Waals surface area contributed by atoms with Crippen LogP contribution in [-0.2, 0) is 0 Å². The van der Waals surface area contributed by atoms with Gasteiger partial charge in [-0.15, -0.1) is 0 Å². The monoisotopic (exact) mass is 294 g/mol. The zero-order valence-corrected chi connectivity index (χ0v) is 13.2. The summed E-state index contributed by atoms with van der Waals surface area (Å²) in [5.74, 6) is 1.04. The minimum absolute atomic E-state index is 0.648. The molecule has 3 aliphatic heterocycles. The molecule has 3 heterocycles. The van der Waals surface area contributed by atoms with Gasteiger partial charge < -0.3 is 4.90 Å². The van der Waals surface area contributed by atoms with E-state index in [1.165, 1.54) is 64.3 Å². The summed E-state index contributed by atoms with van der Waals surface area (Å²) in [4.78, 5) is 1.93. The van der Waals surface area contributed by atoms with Crippen LogP contribution >= 0.6 is 11.9 Å². The van der Waals surface area contributed by atoms with Crippen LogP contribution in [0.2, 0.25) is 0 Å². The number of rotatable bonds is 0. The second kappa shape index (κ2) is 4.87. The molecule has 0 amide bonds. The van der Waals surface area contributed by atoms with Gasteiger partial charge in [0, 0.05) is 18.0 Å². The van der Waals surface area contributed by atoms with Gasteiger partial charge in [0.25, 0.3) is 0 Å². The maximum Gasteiger partial charge on any atom is 0.211 e. The molecule has 4 heteroatoms. The Morgan fingerprint density at radius 2 is 1.85 bits per heavy atom. The highest BCUT2D eigenvalue weighted by atomic mass is 32.2. The van der Waals surface area contributed by atoms with Gasteiger partial charge in [-0.1, -0.05) is 31.2 Å². The van der Waals surface area contributed by atoms with E-state index in [1.54, 1.807) is 0 Å². The fourth-order valence-electron chi connectivity index (χ4n) is 5.93. The fourth-order valence-corrected chi connectivity index (χ4v) is 7.77. The van der Waals surface area contributed by atoms with Crippen LogP contribution in [0.15, 0.2) is 0 Å². The molecule has 2 aliphatic carbocycles. The Kier molecular flexibility index (Phi) is 3.10. The molecule has 20 heavy (non-hydrogen) atoms. The molecule has 3 saturated heterocycles. The topological polar surface area (TPSA) is 19.7 Å². The summed E-state index contributed by atoms with van der Waals surface area (Å²) in [6, 6.07) is 2.61. The lowest BCUT2D eigenvalue weighted by atomic mass is 9.78. The zero-order valence-electron chi connectivity index (χ0n) is 12.4. The van der Waals surface area contributed by atoms with Crippen LogP contribution in [0.4, 0.5) is 0 Å². The Labute approximate surface area is 127 Å². The molecular weight excluding hydrogens is 266 g/mol. The van der Waals surface area contributed by atoms with Crippen LogP contribution < -0.4 is 10.2 Å². The van der Waals surface area contributed by atoms with Crippen molar-refractivity contribution >= 4 is 11.9 Å². The normalized spacial score (nSPS) is 54.9. The smallest absolute Gasteiger partial charge is 0.211 e. The molecule has 7 unspecified atom stereocenters. The predicted molar refractivity (Wildman–Crippen MR) is 82.4 cm³/mol. The maximum atomic E-state index is 4.05. The van der Waals surface area contributed by atoms with Crippen molar-refractivity contribution in [2.24, 2.45) is 5.92 Å². The maximum absolute atomic E-state index is 4.05. The molecule has 112 valence electrons. The lowest BCUT2D eigenvalue weighted by molar-refractivity contribution is -0.971. The number of hydrogen-bond donors (Lipinski definition) is 2. The largest absolute Gasteiger partial charge is 0.303 e. The highest BCUT2D eigenvalue weighted by Gasteiger charge is 2.57. The van der Waals surface area contributed by atoms with Crippen molar-refractivity contribution in [2.45, 2.75) is 87.5 Å². The summed E-state index contributed by atoms with van der Waals surface area (Å²) in [6.45, 7) is 1.42. The van der Waals surface area contributed by atoms with E-state index in [9.17, 15) is 0 Å². The summed E-state index contributed by atoms with van der Waals surface area (Å²) < 4.78 is 2.84. The standard InChI is InChI=1S/C16H27N3S/c1-2-8-13-12(7-1)17-16-18-10-4-6-11-5-3-9-14(15(11)18)20-19(13)16/h11-17H,1-10H2/p+1. The van der Waals surface area contributed by atoms with Gasteiger partial charge in [-0.05, 0) is 38.5 Å². The molecule has 2 N–H and O–H groups in total. The summed E-state index contributed by atoms with van der Waals surface area (Å²) in [5, 5.41) is 4.98. The number of hydrogen-bond acceptors (Lipinski definition) is 3. The van der Waals surface area contributed by atoms with Crippen LogP contribution in [0, 0.1) is 5.92 Å². The number of nitrogens with one attached hydrogen (secondary N) is 2. The second-order valence-corrected chi connectivity index (χ2v) is 8.95. The summed E-state index contributed by atoms with van der Waals surface area (Å²) in [7, 11) is 0. The molecule has 5 rings (SSSR count). The number of fused-ring (bicyclic) bond motifs is 4. The van der Waals surface area contributed by atoms with Crippen LogP contribution in [0.25, 0.3) is 0 Å². The second-order valence-electron chi connectivity index (χ2n) is 7.72. The van der Waals surface area contributed by atoms with Crippen molar-refractivity contribution in [1.82, 2.24) is 9.62 Å². The molecule has 0 aromatic heterocycles. The van der Waals surface area contributed by atoms with Gasteiger partial charge in [-0.25, -0.2) is 5.32 Å². The molecule has 0 radical (unpaired) electrons. The van der Waals surface area contributed by atoms with Gasteiger partial charge in [0.05, 0.1) is 11.8 Å². The average Bonchev–Trinajstić information content (AvgIpc) is 2.87. The van der Waals surface area contributed by atoms with Crippen molar-refractivity contribution in [1.29, 1.82) is 0 Å². The Bertz CT molecular complexity index is 388. The fraction of sp³-hybridized carbons (Fsp3) is 1.00. The van der Waals surface area contributed by atoms with Gasteiger partial charge in [0.1, 0.15) is 6.04 Å². The first-order valence-corrected chi connectivity index (χ1v) is 9.82. The average molecular weight is 294 g/mol. The van der Waals surface area contributed by atoms with E-state index in [1.807, 2.05) is 4.90 Å². The molecule has 3 nitrogen and oxygen atoms in total. The Morgan fingerprint density at radius 3 is 2.85 bits per heavy atom. The van der Waals surface area contributed by atoms with Crippen LogP contribution in [-0.4, -0.2) is 40.5 Å². The molecule has 0 aromatic rings. The van der Waals surface area contributed by atoms with E-state index >= 15 is 0 Å². The first-order chi connectivity index (χ1) is 9.92. The Hall–Kier alpha value is 0.230. The first-order valence-electron chi connectivity index (χ1n) is 8.98. The van der Waals surface area contributed by atoms with Crippen molar-refractivity contribution in [2.75, 3.05) is 6.54 Å². The van der Waals surface area contributed by atoms with E-state index in [2.05, 4.69) is 21.6 Å². The van der Waals surface area contributed by atoms with E-state index in [0.717, 1.165) is 29.3 Å². The number of quaternary nitrogens is 1. The lowest BCUT2D eigenvalue weighted by Gasteiger charge is -2.53. The summed E-state index contributed by atoms with van der Waals surface area (Å²) in [5.41, 5.74) is 0. The summed E-state index contributed by atoms with van der Waals surface area (Å²) >= 11 is 2.28. The van der Waals surface area contributed by atoms with Gasteiger partial charge in [-0.3, -0.25) is 0 Å². The summed E-state index contributed by atoms with van der Waals surface area (Å²) in [6.07, 6.45) is 13.9.